The topological polar surface area (TPSA) is 162 Å². The van der Waals surface area contributed by atoms with Crippen LogP contribution >= 0.6 is 15.9 Å². The first-order valence-corrected chi connectivity index (χ1v) is 20.4. The Kier molecular flexibility index (Phi) is 12.9. The van der Waals surface area contributed by atoms with E-state index in [4.69, 9.17) is 37.7 Å². The number of ether oxygens (including phenoxy) is 2. The SMILES string of the molecule is COc1ncncc1C(O)(c1ccc(Br)cn1)C(C)(C)C.COc1ncncc1C(OB1OC(C)(C)C(C)(C)O1)(c1ccc(B2OC(C)(C)C(C)(C)O2)cn1)C(C)(C)C. The lowest BCUT2D eigenvalue weighted by Gasteiger charge is -2.45. The van der Waals surface area contributed by atoms with Gasteiger partial charge in [-0.05, 0) is 94.9 Å². The summed E-state index contributed by atoms with van der Waals surface area (Å²) in [6, 6.07) is 7.50. The van der Waals surface area contributed by atoms with Gasteiger partial charge >= 0.3 is 14.4 Å². The molecule has 2 saturated heterocycles. The van der Waals surface area contributed by atoms with Crippen molar-refractivity contribution in [1.29, 1.82) is 0 Å². The van der Waals surface area contributed by atoms with E-state index in [0.29, 0.717) is 34.3 Å². The van der Waals surface area contributed by atoms with Crippen LogP contribution in [-0.2, 0) is 34.5 Å². The van der Waals surface area contributed by atoms with Crippen LogP contribution in [0.4, 0.5) is 0 Å². The fraction of sp³-hybridized carbons (Fsp3) is 0.571. The summed E-state index contributed by atoms with van der Waals surface area (Å²) in [5, 5.41) is 11.5. The van der Waals surface area contributed by atoms with E-state index in [1.54, 1.807) is 38.0 Å². The molecule has 4 aromatic rings. The van der Waals surface area contributed by atoms with Gasteiger partial charge < -0.3 is 37.9 Å². The van der Waals surface area contributed by atoms with E-state index in [1.807, 2.05) is 94.4 Å². The summed E-state index contributed by atoms with van der Waals surface area (Å²) >= 11 is 3.35. The van der Waals surface area contributed by atoms with Gasteiger partial charge in [-0.2, -0.15) is 0 Å². The average molecular weight is 877 g/mol. The highest BCUT2D eigenvalue weighted by Crippen LogP contribution is 2.52. The van der Waals surface area contributed by atoms with Crippen molar-refractivity contribution in [3.05, 3.63) is 88.7 Å². The monoisotopic (exact) mass is 876 g/mol. The van der Waals surface area contributed by atoms with Crippen molar-refractivity contribution in [3.8, 4) is 11.8 Å². The third-order valence-corrected chi connectivity index (χ3v) is 12.4. The van der Waals surface area contributed by atoms with Crippen molar-refractivity contribution in [3.63, 3.8) is 0 Å². The molecule has 2 aliphatic rings. The molecule has 2 aliphatic heterocycles. The van der Waals surface area contributed by atoms with Crippen LogP contribution in [0.2, 0.25) is 0 Å². The molecule has 0 spiro atoms. The Hall–Kier alpha value is -3.57. The summed E-state index contributed by atoms with van der Waals surface area (Å²) < 4.78 is 43.7. The molecule has 17 heteroatoms. The van der Waals surface area contributed by atoms with Crippen molar-refractivity contribution < 1.29 is 37.9 Å². The second-order valence-corrected chi connectivity index (χ2v) is 19.8. The molecule has 0 saturated carbocycles. The number of halogens is 1. The van der Waals surface area contributed by atoms with Crippen LogP contribution in [-0.4, -0.2) is 86.1 Å². The second kappa shape index (κ2) is 16.4. The van der Waals surface area contributed by atoms with Crippen LogP contribution < -0.4 is 14.9 Å². The lowest BCUT2D eigenvalue weighted by Crippen LogP contribution is -2.49. The van der Waals surface area contributed by atoms with Gasteiger partial charge in [-0.25, -0.2) is 19.9 Å². The van der Waals surface area contributed by atoms with Gasteiger partial charge in [0.15, 0.2) is 0 Å². The molecule has 6 heterocycles. The predicted octanol–water partition coefficient (Wildman–Crippen LogP) is 7.00. The number of rotatable bonds is 9. The highest BCUT2D eigenvalue weighted by Gasteiger charge is 2.60. The van der Waals surface area contributed by atoms with Gasteiger partial charge in [-0.15, -0.1) is 0 Å². The van der Waals surface area contributed by atoms with E-state index in [0.717, 1.165) is 9.94 Å². The minimum absolute atomic E-state index is 0.340. The van der Waals surface area contributed by atoms with Crippen LogP contribution in [0.15, 0.2) is 66.2 Å². The summed E-state index contributed by atoms with van der Waals surface area (Å²) in [7, 11) is 1.57. The highest BCUT2D eigenvalue weighted by molar-refractivity contribution is 9.10. The van der Waals surface area contributed by atoms with Crippen LogP contribution in [0.3, 0.4) is 0 Å². The van der Waals surface area contributed by atoms with Gasteiger partial charge in [0.05, 0.1) is 59.1 Å². The van der Waals surface area contributed by atoms with E-state index in [-0.39, 0.29) is 0 Å². The lowest BCUT2D eigenvalue weighted by molar-refractivity contribution is -0.0479. The van der Waals surface area contributed by atoms with E-state index in [1.165, 1.54) is 19.8 Å². The molecule has 0 aliphatic carbocycles. The summed E-state index contributed by atoms with van der Waals surface area (Å²) in [6.45, 7) is 28.0. The maximum Gasteiger partial charge on any atom is 0.641 e. The number of methoxy groups -OCH3 is 2. The first-order chi connectivity index (χ1) is 27.2. The quantitative estimate of drug-likeness (QED) is 0.171. The second-order valence-electron chi connectivity index (χ2n) is 18.9. The van der Waals surface area contributed by atoms with Crippen molar-refractivity contribution in [1.82, 2.24) is 29.9 Å². The molecule has 4 aromatic heterocycles. The zero-order valence-electron chi connectivity index (χ0n) is 37.3. The highest BCUT2D eigenvalue weighted by atomic mass is 79.9. The number of nitrogens with zero attached hydrogens (tertiary/aromatic N) is 6. The maximum atomic E-state index is 11.5. The standard InChI is InChI=1S/C27H41B2N3O6.C15H18BrN3O2/c1-22(2,3)27(19-16-30-17-32-21(19)33-12,38-29-36-25(8,9)26(10,11)37-29)20-14-13-18(15-31-20)28-34-23(4,5)24(6,7)35-28;1-14(2,3)15(20,12-6-5-10(16)7-18-12)11-8-17-9-19-13(11)21-4/h13-17H,1-12H3;5-9,20H,1-4H3. The normalized spacial score (nSPS) is 20.2. The van der Waals surface area contributed by atoms with Gasteiger partial charge in [0.25, 0.3) is 0 Å². The zero-order valence-corrected chi connectivity index (χ0v) is 38.9. The molecule has 14 nitrogen and oxygen atoms in total. The summed E-state index contributed by atoms with van der Waals surface area (Å²) in [6.07, 6.45) is 9.52. The van der Waals surface area contributed by atoms with Gasteiger partial charge in [0.1, 0.15) is 23.9 Å². The van der Waals surface area contributed by atoms with Crippen molar-refractivity contribution in [2.24, 2.45) is 10.8 Å². The average Bonchev–Trinajstić information content (AvgIpc) is 3.51. The predicted molar refractivity (Wildman–Crippen MR) is 229 cm³/mol. The number of aromatic nitrogens is 6. The van der Waals surface area contributed by atoms with E-state index >= 15 is 0 Å². The van der Waals surface area contributed by atoms with Crippen LogP contribution in [0.1, 0.15) is 119 Å². The number of hydrogen-bond donors (Lipinski definition) is 1. The van der Waals surface area contributed by atoms with E-state index < -0.39 is 58.9 Å². The van der Waals surface area contributed by atoms with Crippen LogP contribution in [0.5, 0.6) is 11.8 Å². The molecular formula is C42H59B2BrN6O8. The number of pyridine rings is 2. The Morgan fingerprint density at radius 3 is 1.51 bits per heavy atom. The van der Waals surface area contributed by atoms with E-state index in [2.05, 4.69) is 61.6 Å². The van der Waals surface area contributed by atoms with E-state index in [9.17, 15) is 5.11 Å². The Morgan fingerprint density at radius 2 is 1.07 bits per heavy atom. The Morgan fingerprint density at radius 1 is 0.593 bits per heavy atom. The van der Waals surface area contributed by atoms with Gasteiger partial charge in [-0.3, -0.25) is 9.97 Å². The Labute approximate surface area is 358 Å². The fourth-order valence-corrected chi connectivity index (χ4v) is 7.14. The van der Waals surface area contributed by atoms with Crippen molar-refractivity contribution in [2.75, 3.05) is 14.2 Å². The van der Waals surface area contributed by atoms with Gasteiger partial charge in [0, 0.05) is 40.1 Å². The van der Waals surface area contributed by atoms with Crippen molar-refractivity contribution in [2.45, 2.75) is 131 Å². The minimum Gasteiger partial charge on any atom is -0.481 e. The molecule has 0 bridgehead atoms. The van der Waals surface area contributed by atoms with Crippen LogP contribution in [0.25, 0.3) is 0 Å². The lowest BCUT2D eigenvalue weighted by atomic mass is 9.69. The smallest absolute Gasteiger partial charge is 0.481 e. The molecule has 0 aromatic carbocycles. The minimum atomic E-state index is -1.37. The fourth-order valence-electron chi connectivity index (χ4n) is 6.91. The van der Waals surface area contributed by atoms with Crippen molar-refractivity contribution >= 4 is 35.8 Å². The molecule has 6 rings (SSSR count). The molecule has 0 amide bonds. The maximum absolute atomic E-state index is 11.5. The molecule has 1 N–H and O–H groups in total. The van der Waals surface area contributed by atoms with Gasteiger partial charge in [0.2, 0.25) is 11.8 Å². The molecule has 59 heavy (non-hydrogen) atoms. The van der Waals surface area contributed by atoms with Crippen LogP contribution in [0, 0.1) is 10.8 Å². The molecule has 0 radical (unpaired) electrons. The summed E-state index contributed by atoms with van der Waals surface area (Å²) in [5.74, 6) is 0.718. The first kappa shape index (κ1) is 46.5. The molecule has 318 valence electrons. The Balaban J connectivity index is 0.000000266. The molecule has 2 unspecified atom stereocenters. The molecular weight excluding hydrogens is 818 g/mol. The van der Waals surface area contributed by atoms with Gasteiger partial charge in [-0.1, -0.05) is 47.6 Å². The third-order valence-electron chi connectivity index (χ3n) is 11.9. The summed E-state index contributed by atoms with van der Waals surface area (Å²) in [5.41, 5.74) is -2.74. The first-order valence-electron chi connectivity index (χ1n) is 19.6. The number of hydrogen-bond acceptors (Lipinski definition) is 14. The zero-order chi connectivity index (χ0) is 44.0. The largest absolute Gasteiger partial charge is 0.641 e. The Bertz CT molecular complexity index is 2050. The number of aliphatic hydroxyl groups is 1. The molecule has 2 atom stereocenters. The third kappa shape index (κ3) is 8.66. The molecule has 2 fully saturated rings. The summed E-state index contributed by atoms with van der Waals surface area (Å²) in [4.78, 5) is 26.1.